The number of hydrogen-bond donors (Lipinski definition) is 1. The highest BCUT2D eigenvalue weighted by atomic mass is 35.5. The summed E-state index contributed by atoms with van der Waals surface area (Å²) in [7, 11) is 3.09. The predicted octanol–water partition coefficient (Wildman–Crippen LogP) is 4.13. The quantitative estimate of drug-likeness (QED) is 0.896. The first kappa shape index (κ1) is 15.7. The molecule has 0 saturated heterocycles. The van der Waals surface area contributed by atoms with E-state index in [0.29, 0.717) is 16.1 Å². The van der Waals surface area contributed by atoms with E-state index in [1.807, 2.05) is 0 Å². The normalized spacial score (nSPS) is 12.2. The summed E-state index contributed by atoms with van der Waals surface area (Å²) in [4.78, 5) is 0. The van der Waals surface area contributed by atoms with E-state index in [1.165, 1.54) is 13.2 Å². The lowest BCUT2D eigenvalue weighted by atomic mass is 9.98. The second-order valence-corrected chi connectivity index (χ2v) is 5.02. The SMILES string of the molecule is CNC(Cc1cccc(OC)c1F)c1c(F)cccc1Cl. The molecular formula is C16H16ClF2NO. The Kier molecular flexibility index (Phi) is 5.15. The van der Waals surface area contributed by atoms with Crippen LogP contribution in [0.1, 0.15) is 17.2 Å². The fraction of sp³-hybridized carbons (Fsp3) is 0.250. The van der Waals surface area contributed by atoms with E-state index in [0.717, 1.165) is 0 Å². The molecule has 0 bridgehead atoms. The topological polar surface area (TPSA) is 21.3 Å². The van der Waals surface area contributed by atoms with Crippen LogP contribution in [0, 0.1) is 11.6 Å². The molecule has 0 fully saturated rings. The Hall–Kier alpha value is -1.65. The van der Waals surface area contributed by atoms with Gasteiger partial charge in [0, 0.05) is 16.6 Å². The molecule has 2 rings (SSSR count). The van der Waals surface area contributed by atoms with E-state index in [-0.39, 0.29) is 12.2 Å². The van der Waals surface area contributed by atoms with Crippen LogP contribution in [-0.2, 0) is 6.42 Å². The predicted molar refractivity (Wildman–Crippen MR) is 79.9 cm³/mol. The molecule has 0 aliphatic heterocycles. The molecule has 21 heavy (non-hydrogen) atoms. The van der Waals surface area contributed by atoms with Crippen LogP contribution in [0.25, 0.3) is 0 Å². The van der Waals surface area contributed by atoms with Gasteiger partial charge in [-0.2, -0.15) is 0 Å². The summed E-state index contributed by atoms with van der Waals surface area (Å²) in [6.45, 7) is 0. The second kappa shape index (κ2) is 6.87. The van der Waals surface area contributed by atoms with Crippen LogP contribution >= 0.6 is 11.6 Å². The first-order valence-electron chi connectivity index (χ1n) is 6.51. The highest BCUT2D eigenvalue weighted by molar-refractivity contribution is 6.31. The highest BCUT2D eigenvalue weighted by Gasteiger charge is 2.20. The van der Waals surface area contributed by atoms with Crippen molar-refractivity contribution in [3.8, 4) is 5.75 Å². The molecule has 0 spiro atoms. The average molecular weight is 312 g/mol. The van der Waals surface area contributed by atoms with Crippen molar-refractivity contribution in [2.45, 2.75) is 12.5 Å². The lowest BCUT2D eigenvalue weighted by Gasteiger charge is -2.19. The number of rotatable bonds is 5. The monoisotopic (exact) mass is 311 g/mol. The Bertz CT molecular complexity index is 613. The Morgan fingerprint density at radius 1 is 1.19 bits per heavy atom. The van der Waals surface area contributed by atoms with E-state index in [1.54, 1.807) is 37.4 Å². The number of halogens is 3. The van der Waals surface area contributed by atoms with Crippen molar-refractivity contribution in [2.24, 2.45) is 0 Å². The van der Waals surface area contributed by atoms with Gasteiger partial charge in [0.1, 0.15) is 5.82 Å². The summed E-state index contributed by atoms with van der Waals surface area (Å²) in [6.07, 6.45) is 0.264. The number of ether oxygens (including phenoxy) is 1. The van der Waals surface area contributed by atoms with E-state index in [2.05, 4.69) is 5.32 Å². The molecular weight excluding hydrogens is 296 g/mol. The first-order valence-corrected chi connectivity index (χ1v) is 6.88. The molecule has 112 valence electrons. The maximum absolute atomic E-state index is 14.2. The fourth-order valence-electron chi connectivity index (χ4n) is 2.28. The van der Waals surface area contributed by atoms with E-state index >= 15 is 0 Å². The molecule has 2 aromatic rings. The molecule has 0 aliphatic rings. The molecule has 0 amide bonds. The van der Waals surface area contributed by atoms with Gasteiger partial charge in [0.05, 0.1) is 7.11 Å². The highest BCUT2D eigenvalue weighted by Crippen LogP contribution is 2.30. The number of methoxy groups -OCH3 is 1. The van der Waals surface area contributed by atoms with Gasteiger partial charge in [-0.3, -0.25) is 0 Å². The Balaban J connectivity index is 2.36. The minimum Gasteiger partial charge on any atom is -0.494 e. The van der Waals surface area contributed by atoms with Crippen molar-refractivity contribution < 1.29 is 13.5 Å². The zero-order valence-corrected chi connectivity index (χ0v) is 12.5. The van der Waals surface area contributed by atoms with Gasteiger partial charge in [0.2, 0.25) is 0 Å². The number of nitrogens with one attached hydrogen (secondary N) is 1. The summed E-state index contributed by atoms with van der Waals surface area (Å²) in [5.41, 5.74) is 0.775. The average Bonchev–Trinajstić information content (AvgIpc) is 2.47. The van der Waals surface area contributed by atoms with Crippen molar-refractivity contribution in [1.29, 1.82) is 0 Å². The summed E-state index contributed by atoms with van der Waals surface area (Å²) < 4.78 is 33.2. The molecule has 5 heteroatoms. The molecule has 1 unspecified atom stereocenters. The molecule has 0 radical (unpaired) electrons. The largest absolute Gasteiger partial charge is 0.494 e. The second-order valence-electron chi connectivity index (χ2n) is 4.61. The minimum absolute atomic E-state index is 0.169. The smallest absolute Gasteiger partial charge is 0.168 e. The zero-order valence-electron chi connectivity index (χ0n) is 11.8. The van der Waals surface area contributed by atoms with Gasteiger partial charge in [0.25, 0.3) is 0 Å². The third-order valence-electron chi connectivity index (χ3n) is 3.38. The molecule has 0 aromatic heterocycles. The number of hydrogen-bond acceptors (Lipinski definition) is 2. The van der Waals surface area contributed by atoms with Crippen molar-refractivity contribution in [1.82, 2.24) is 5.32 Å². The van der Waals surface area contributed by atoms with Crippen molar-refractivity contribution in [3.63, 3.8) is 0 Å². The Morgan fingerprint density at radius 3 is 2.52 bits per heavy atom. The molecule has 2 nitrogen and oxygen atoms in total. The van der Waals surface area contributed by atoms with Crippen LogP contribution < -0.4 is 10.1 Å². The van der Waals surface area contributed by atoms with Gasteiger partial charge in [-0.05, 0) is 37.2 Å². The van der Waals surface area contributed by atoms with E-state index < -0.39 is 17.7 Å². The van der Waals surface area contributed by atoms with Crippen molar-refractivity contribution in [3.05, 3.63) is 64.2 Å². The zero-order chi connectivity index (χ0) is 15.4. The van der Waals surface area contributed by atoms with Crippen molar-refractivity contribution in [2.75, 3.05) is 14.2 Å². The number of likely N-dealkylation sites (N-methyl/N-ethyl adjacent to an activating group) is 1. The van der Waals surface area contributed by atoms with Crippen LogP contribution in [-0.4, -0.2) is 14.2 Å². The summed E-state index contributed by atoms with van der Waals surface area (Å²) in [5, 5.41) is 3.30. The lowest BCUT2D eigenvalue weighted by molar-refractivity contribution is 0.382. The van der Waals surface area contributed by atoms with Crippen LogP contribution in [0.3, 0.4) is 0 Å². The van der Waals surface area contributed by atoms with Crippen LogP contribution in [0.15, 0.2) is 36.4 Å². The van der Waals surface area contributed by atoms with E-state index in [4.69, 9.17) is 16.3 Å². The van der Waals surface area contributed by atoms with Gasteiger partial charge in [0.15, 0.2) is 11.6 Å². The maximum Gasteiger partial charge on any atom is 0.168 e. The molecule has 0 saturated carbocycles. The maximum atomic E-state index is 14.2. The van der Waals surface area contributed by atoms with Crippen LogP contribution in [0.5, 0.6) is 5.75 Å². The van der Waals surface area contributed by atoms with Gasteiger partial charge >= 0.3 is 0 Å². The van der Waals surface area contributed by atoms with Gasteiger partial charge < -0.3 is 10.1 Å². The molecule has 1 atom stereocenters. The fourth-order valence-corrected chi connectivity index (χ4v) is 2.58. The van der Waals surface area contributed by atoms with Crippen LogP contribution in [0.4, 0.5) is 8.78 Å². The van der Waals surface area contributed by atoms with Crippen LogP contribution in [0.2, 0.25) is 5.02 Å². The third-order valence-corrected chi connectivity index (χ3v) is 3.71. The van der Waals surface area contributed by atoms with Gasteiger partial charge in [-0.1, -0.05) is 29.8 Å². The summed E-state index contributed by atoms with van der Waals surface area (Å²) in [5.74, 6) is -0.681. The Morgan fingerprint density at radius 2 is 1.90 bits per heavy atom. The standard InChI is InChI=1S/C16H16ClF2NO/c1-20-13(15-11(17)6-4-7-12(15)18)9-10-5-3-8-14(21-2)16(10)19/h3-8,13,20H,9H2,1-2H3. The first-order chi connectivity index (χ1) is 10.1. The third kappa shape index (κ3) is 3.34. The van der Waals surface area contributed by atoms with Gasteiger partial charge in [-0.15, -0.1) is 0 Å². The Labute approximate surface area is 127 Å². The molecule has 0 heterocycles. The van der Waals surface area contributed by atoms with Gasteiger partial charge in [-0.25, -0.2) is 8.78 Å². The minimum atomic E-state index is -0.437. The molecule has 2 aromatic carbocycles. The lowest BCUT2D eigenvalue weighted by Crippen LogP contribution is -2.21. The number of benzene rings is 2. The molecule has 0 aliphatic carbocycles. The van der Waals surface area contributed by atoms with E-state index in [9.17, 15) is 8.78 Å². The molecule has 1 N–H and O–H groups in total. The summed E-state index contributed by atoms with van der Waals surface area (Å²) in [6, 6.07) is 8.97. The summed E-state index contributed by atoms with van der Waals surface area (Å²) >= 11 is 6.07. The van der Waals surface area contributed by atoms with Crippen molar-refractivity contribution >= 4 is 11.6 Å².